The highest BCUT2D eigenvalue weighted by molar-refractivity contribution is 7.11. The van der Waals surface area contributed by atoms with E-state index < -0.39 is 6.10 Å². The maximum Gasteiger partial charge on any atom is 0.273 e. The first kappa shape index (κ1) is 21.9. The summed E-state index contributed by atoms with van der Waals surface area (Å²) in [6.45, 7) is 7.86. The fraction of sp³-hybridized carbons (Fsp3) is 0.778. The zero-order valence-electron chi connectivity index (χ0n) is 15.7. The Hall–Kier alpha value is -1.18. The van der Waals surface area contributed by atoms with E-state index in [2.05, 4.69) is 36.4 Å². The van der Waals surface area contributed by atoms with Crippen LogP contribution in [0, 0.1) is 0 Å². The minimum absolute atomic E-state index is 0.0160. The van der Waals surface area contributed by atoms with Crippen LogP contribution in [0.2, 0.25) is 0 Å². The van der Waals surface area contributed by atoms with Crippen LogP contribution in [-0.2, 0) is 4.79 Å². The zero-order valence-corrected chi connectivity index (χ0v) is 16.5. The normalized spacial score (nSPS) is 17.2. The first-order valence-corrected chi connectivity index (χ1v) is 9.97. The standard InChI is InChI=1S/C10H18N2O2S.C5H10.C3H5NO/c1-10(2,3)12-6-8(13)7-14-9-11-4-5-15-9;1-2-4-5-3-1;5-3-1-2-4-3/h4-5,8,12-13H,6-7H2,1-3H3;1-5H2;1-2H2,(H,4,5). The molecule has 144 valence electrons. The van der Waals surface area contributed by atoms with E-state index in [1.807, 2.05) is 5.38 Å². The molecule has 0 aromatic carbocycles. The van der Waals surface area contributed by atoms with Gasteiger partial charge in [-0.2, -0.15) is 0 Å². The maximum atomic E-state index is 9.79. The molecule has 0 radical (unpaired) electrons. The molecule has 1 aromatic heterocycles. The van der Waals surface area contributed by atoms with Crippen molar-refractivity contribution in [3.63, 3.8) is 0 Å². The van der Waals surface area contributed by atoms with Gasteiger partial charge in [-0.1, -0.05) is 43.4 Å². The molecule has 1 unspecified atom stereocenters. The highest BCUT2D eigenvalue weighted by Crippen LogP contribution is 2.15. The second-order valence-corrected chi connectivity index (χ2v) is 8.12. The molecular formula is C18H33N3O3S. The van der Waals surface area contributed by atoms with Crippen LogP contribution in [0.3, 0.4) is 0 Å². The topological polar surface area (TPSA) is 83.5 Å². The molecule has 7 heteroatoms. The summed E-state index contributed by atoms with van der Waals surface area (Å²) >= 11 is 1.42. The van der Waals surface area contributed by atoms with Crippen molar-refractivity contribution >= 4 is 17.2 Å². The largest absolute Gasteiger partial charge is 0.467 e. The van der Waals surface area contributed by atoms with Gasteiger partial charge in [0.25, 0.3) is 5.19 Å². The van der Waals surface area contributed by atoms with E-state index >= 15 is 0 Å². The molecule has 25 heavy (non-hydrogen) atoms. The van der Waals surface area contributed by atoms with Crippen molar-refractivity contribution in [1.82, 2.24) is 15.6 Å². The first-order chi connectivity index (χ1) is 11.9. The fourth-order valence-electron chi connectivity index (χ4n) is 2.04. The third-order valence-electron chi connectivity index (χ3n) is 3.60. The number of hydrogen-bond donors (Lipinski definition) is 3. The Morgan fingerprint density at radius 3 is 2.24 bits per heavy atom. The Bertz CT molecular complexity index is 443. The van der Waals surface area contributed by atoms with Gasteiger partial charge in [-0.15, -0.1) is 0 Å². The Balaban J connectivity index is 0.000000250. The van der Waals surface area contributed by atoms with Gasteiger partial charge in [0.1, 0.15) is 12.7 Å². The van der Waals surface area contributed by atoms with Crippen LogP contribution in [0.25, 0.3) is 0 Å². The van der Waals surface area contributed by atoms with Crippen LogP contribution in [0.15, 0.2) is 11.6 Å². The molecule has 3 N–H and O–H groups in total. The van der Waals surface area contributed by atoms with Crippen molar-refractivity contribution in [2.45, 2.75) is 70.9 Å². The quantitative estimate of drug-likeness (QED) is 0.693. The molecule has 6 nitrogen and oxygen atoms in total. The molecule has 0 bridgehead atoms. The van der Waals surface area contributed by atoms with Crippen molar-refractivity contribution in [2.24, 2.45) is 0 Å². The lowest BCUT2D eigenvalue weighted by molar-refractivity contribution is -0.125. The molecular weight excluding hydrogens is 338 g/mol. The number of ether oxygens (including phenoxy) is 1. The Kier molecular flexibility index (Phi) is 10.7. The lowest BCUT2D eigenvalue weighted by Gasteiger charge is -2.22. The Morgan fingerprint density at radius 2 is 1.88 bits per heavy atom. The summed E-state index contributed by atoms with van der Waals surface area (Å²) in [6.07, 6.45) is 9.41. The van der Waals surface area contributed by atoms with Crippen molar-refractivity contribution < 1.29 is 14.6 Å². The van der Waals surface area contributed by atoms with Crippen molar-refractivity contribution in [3.05, 3.63) is 11.6 Å². The minimum Gasteiger partial charge on any atom is -0.467 e. The number of thiazole rings is 1. The molecule has 1 amide bonds. The van der Waals surface area contributed by atoms with E-state index in [0.717, 1.165) is 13.0 Å². The lowest BCUT2D eigenvalue weighted by Crippen LogP contribution is -2.42. The van der Waals surface area contributed by atoms with E-state index in [1.54, 1.807) is 6.20 Å². The van der Waals surface area contributed by atoms with Gasteiger partial charge in [0.05, 0.1) is 0 Å². The van der Waals surface area contributed by atoms with Gasteiger partial charge in [0.15, 0.2) is 0 Å². The van der Waals surface area contributed by atoms with Crippen molar-refractivity contribution in [3.8, 4) is 5.19 Å². The second kappa shape index (κ2) is 12.2. The van der Waals surface area contributed by atoms with Crippen LogP contribution in [0.5, 0.6) is 5.19 Å². The average molecular weight is 372 g/mol. The van der Waals surface area contributed by atoms with Crippen LogP contribution >= 0.6 is 11.3 Å². The molecule has 1 saturated heterocycles. The van der Waals surface area contributed by atoms with Gasteiger partial charge in [-0.3, -0.25) is 4.79 Å². The molecule has 1 aliphatic heterocycles. The van der Waals surface area contributed by atoms with Crippen LogP contribution in [-0.4, -0.2) is 47.3 Å². The number of aliphatic hydroxyl groups is 1. The molecule has 0 spiro atoms. The summed E-state index contributed by atoms with van der Waals surface area (Å²) in [5.74, 6) is 0.185. The number of hydrogen-bond acceptors (Lipinski definition) is 6. The fourth-order valence-corrected chi connectivity index (χ4v) is 2.54. The number of nitrogens with zero attached hydrogens (tertiary/aromatic N) is 1. The van der Waals surface area contributed by atoms with Gasteiger partial charge >= 0.3 is 0 Å². The van der Waals surface area contributed by atoms with E-state index in [4.69, 9.17) is 4.74 Å². The highest BCUT2D eigenvalue weighted by atomic mass is 32.1. The molecule has 1 aromatic rings. The molecule has 3 rings (SSSR count). The van der Waals surface area contributed by atoms with Gasteiger partial charge in [0.2, 0.25) is 5.91 Å². The predicted octanol–water partition coefficient (Wildman–Crippen LogP) is 2.73. The number of aromatic nitrogens is 1. The Labute approximate surface area is 155 Å². The van der Waals surface area contributed by atoms with E-state index in [-0.39, 0.29) is 18.1 Å². The minimum atomic E-state index is -0.506. The van der Waals surface area contributed by atoms with Gasteiger partial charge < -0.3 is 20.5 Å². The summed E-state index contributed by atoms with van der Waals surface area (Å²) in [5.41, 5.74) is 0.0160. The molecule has 2 fully saturated rings. The number of amides is 1. The molecule has 2 heterocycles. The monoisotopic (exact) mass is 371 g/mol. The number of carbonyl (C=O) groups is 1. The van der Waals surface area contributed by atoms with Gasteiger partial charge in [0, 0.05) is 36.6 Å². The third kappa shape index (κ3) is 12.8. The average Bonchev–Trinajstić information content (AvgIpc) is 3.24. The second-order valence-electron chi connectivity index (χ2n) is 7.26. The SMILES string of the molecule is C1CCCC1.CC(C)(C)NCC(O)COc1nccs1.O=C1CCN1. The number of nitrogens with one attached hydrogen (secondary N) is 2. The maximum absolute atomic E-state index is 9.79. The van der Waals surface area contributed by atoms with E-state index in [0.29, 0.717) is 11.7 Å². The van der Waals surface area contributed by atoms with E-state index in [9.17, 15) is 9.90 Å². The van der Waals surface area contributed by atoms with Crippen molar-refractivity contribution in [2.75, 3.05) is 19.7 Å². The lowest BCUT2D eigenvalue weighted by atomic mass is 10.1. The number of β-amino-alcohol motifs (C(OH)–C–C–N with tert-alkyl or cyclic N) is 1. The first-order valence-electron chi connectivity index (χ1n) is 9.09. The smallest absolute Gasteiger partial charge is 0.273 e. The molecule has 1 aliphatic carbocycles. The predicted molar refractivity (Wildman–Crippen MR) is 102 cm³/mol. The summed E-state index contributed by atoms with van der Waals surface area (Å²) < 4.78 is 5.29. The highest BCUT2D eigenvalue weighted by Gasteiger charge is 2.12. The number of rotatable bonds is 5. The molecule has 1 atom stereocenters. The number of β-lactam (4-membered cyclic amide) rings is 1. The van der Waals surface area contributed by atoms with Crippen LogP contribution < -0.4 is 15.4 Å². The summed E-state index contributed by atoms with van der Waals surface area (Å²) in [7, 11) is 0. The van der Waals surface area contributed by atoms with Gasteiger partial charge in [-0.25, -0.2) is 4.98 Å². The zero-order chi connectivity index (χ0) is 18.5. The number of carbonyl (C=O) groups excluding carboxylic acids is 1. The van der Waals surface area contributed by atoms with Gasteiger partial charge in [-0.05, 0) is 20.8 Å². The Morgan fingerprint density at radius 1 is 1.32 bits per heavy atom. The third-order valence-corrected chi connectivity index (χ3v) is 4.28. The molecule has 2 aliphatic rings. The van der Waals surface area contributed by atoms with Crippen LogP contribution in [0.4, 0.5) is 0 Å². The van der Waals surface area contributed by atoms with Crippen LogP contribution in [0.1, 0.15) is 59.3 Å². The van der Waals surface area contributed by atoms with Crippen molar-refractivity contribution in [1.29, 1.82) is 0 Å². The summed E-state index contributed by atoms with van der Waals surface area (Å²) in [6, 6.07) is 0. The summed E-state index contributed by atoms with van der Waals surface area (Å²) in [5, 5.41) is 17.8. The molecule has 1 saturated carbocycles. The van der Waals surface area contributed by atoms with E-state index in [1.165, 1.54) is 43.4 Å². The number of aliphatic hydroxyl groups excluding tert-OH is 1. The summed E-state index contributed by atoms with van der Waals surface area (Å²) in [4.78, 5) is 13.8.